The van der Waals surface area contributed by atoms with Crippen LogP contribution in [-0.2, 0) is 10.9 Å². The van der Waals surface area contributed by atoms with Gasteiger partial charge in [0, 0.05) is 5.21 Å². The second-order valence-electron chi connectivity index (χ2n) is 2.91. The third kappa shape index (κ3) is 2.71. The smallest absolute Gasteiger partial charge is 0.358 e. The van der Waals surface area contributed by atoms with Gasteiger partial charge in [-0.05, 0) is 11.8 Å². The van der Waals surface area contributed by atoms with Gasteiger partial charge in [0.25, 0.3) is 0 Å². The maximum Gasteiger partial charge on any atom is 0.371 e. The maximum atomic E-state index is 10.9. The van der Waals surface area contributed by atoms with Gasteiger partial charge in [0.2, 0.25) is 13.8 Å². The van der Waals surface area contributed by atoms with E-state index in [2.05, 4.69) is 10.3 Å². The van der Waals surface area contributed by atoms with Gasteiger partial charge in [-0.15, -0.1) is 9.78 Å². The summed E-state index contributed by atoms with van der Waals surface area (Å²) in [5, 5.41) is 17.9. The van der Waals surface area contributed by atoms with Gasteiger partial charge in [-0.1, -0.05) is 58.0 Å². The van der Waals surface area contributed by atoms with Crippen molar-refractivity contribution < 1.29 is 4.92 Å². The van der Waals surface area contributed by atoms with E-state index in [4.69, 9.17) is 58.0 Å². The average Bonchev–Trinajstić information content (AvgIpc) is 2.59. The van der Waals surface area contributed by atoms with Crippen molar-refractivity contribution in [3.63, 3.8) is 0 Å². The normalized spacial score (nSPS) is 12.8. The molecule has 1 rings (SSSR count). The van der Waals surface area contributed by atoms with Crippen LogP contribution in [0.15, 0.2) is 0 Å². The van der Waals surface area contributed by atoms with Crippen molar-refractivity contribution >= 4 is 63.8 Å². The summed E-state index contributed by atoms with van der Waals surface area (Å²) in [5.41, 5.74) is -0.410. The standard InChI is InChI=1S/C6H5Cl5N4O2/c1-2-14-4(15(16)17)3(12-13-14)5(7,8)6(9,10)11/h2H2,1H3. The predicted octanol–water partition coefficient (Wildman–Crippen LogP) is 3.21. The Morgan fingerprint density at radius 3 is 2.24 bits per heavy atom. The van der Waals surface area contributed by atoms with E-state index in [0.29, 0.717) is 0 Å². The molecule has 17 heavy (non-hydrogen) atoms. The molecule has 0 bridgehead atoms. The quantitative estimate of drug-likeness (QED) is 0.480. The van der Waals surface area contributed by atoms with Crippen LogP contribution in [0, 0.1) is 10.1 Å². The van der Waals surface area contributed by atoms with Crippen molar-refractivity contribution in [3.05, 3.63) is 15.8 Å². The fourth-order valence-electron chi connectivity index (χ4n) is 1.04. The number of aryl methyl sites for hydroxylation is 1. The monoisotopic (exact) mass is 340 g/mol. The van der Waals surface area contributed by atoms with Gasteiger partial charge in [-0.25, -0.2) is 0 Å². The lowest BCUT2D eigenvalue weighted by Crippen LogP contribution is -2.29. The van der Waals surface area contributed by atoms with Crippen molar-refractivity contribution in [1.29, 1.82) is 0 Å². The Morgan fingerprint density at radius 1 is 1.35 bits per heavy atom. The van der Waals surface area contributed by atoms with Crippen molar-refractivity contribution in [2.24, 2.45) is 0 Å². The third-order valence-corrected chi connectivity index (χ3v) is 4.19. The summed E-state index contributed by atoms with van der Waals surface area (Å²) in [7, 11) is 0. The lowest BCUT2D eigenvalue weighted by Gasteiger charge is -2.24. The van der Waals surface area contributed by atoms with E-state index in [1.165, 1.54) is 0 Å². The summed E-state index contributed by atoms with van der Waals surface area (Å²) >= 11 is 28.3. The number of alkyl halides is 5. The molecule has 0 saturated carbocycles. The summed E-state index contributed by atoms with van der Waals surface area (Å²) in [6, 6.07) is 0. The van der Waals surface area contributed by atoms with E-state index >= 15 is 0 Å². The topological polar surface area (TPSA) is 73.8 Å². The molecule has 0 fully saturated rings. The van der Waals surface area contributed by atoms with Gasteiger partial charge in [0.05, 0.1) is 0 Å². The molecule has 0 aliphatic carbocycles. The van der Waals surface area contributed by atoms with Crippen LogP contribution in [0.3, 0.4) is 0 Å². The van der Waals surface area contributed by atoms with Crippen molar-refractivity contribution in [3.8, 4) is 0 Å². The van der Waals surface area contributed by atoms with Crippen LogP contribution in [0.25, 0.3) is 0 Å². The SMILES string of the molecule is CCn1nnc(C(Cl)(Cl)C(Cl)(Cl)Cl)c1[N+](=O)[O-]. The van der Waals surface area contributed by atoms with E-state index in [0.717, 1.165) is 4.68 Å². The van der Waals surface area contributed by atoms with Crippen molar-refractivity contribution in [1.82, 2.24) is 15.0 Å². The molecule has 0 unspecified atom stereocenters. The number of hydrogen-bond acceptors (Lipinski definition) is 4. The number of hydrogen-bond donors (Lipinski definition) is 0. The van der Waals surface area contributed by atoms with Crippen LogP contribution >= 0.6 is 58.0 Å². The molecule has 11 heteroatoms. The highest BCUT2D eigenvalue weighted by Gasteiger charge is 2.54. The van der Waals surface area contributed by atoms with Crippen molar-refractivity contribution in [2.75, 3.05) is 0 Å². The molecule has 6 nitrogen and oxygen atoms in total. The summed E-state index contributed by atoms with van der Waals surface area (Å²) in [5.74, 6) is -0.510. The van der Waals surface area contributed by atoms with E-state index < -0.39 is 24.6 Å². The van der Waals surface area contributed by atoms with Crippen LogP contribution in [0.1, 0.15) is 12.6 Å². The molecular weight excluding hydrogens is 337 g/mol. The molecule has 0 radical (unpaired) electrons. The fourth-order valence-corrected chi connectivity index (χ4v) is 1.55. The number of halogens is 5. The number of aromatic nitrogens is 3. The van der Waals surface area contributed by atoms with Gasteiger partial charge in [-0.3, -0.25) is 0 Å². The van der Waals surface area contributed by atoms with E-state index in [1.54, 1.807) is 6.92 Å². The lowest BCUT2D eigenvalue weighted by molar-refractivity contribution is -0.393. The minimum Gasteiger partial charge on any atom is -0.358 e. The Balaban J connectivity index is 3.42. The third-order valence-electron chi connectivity index (χ3n) is 1.83. The van der Waals surface area contributed by atoms with Gasteiger partial charge in [0.1, 0.15) is 6.54 Å². The van der Waals surface area contributed by atoms with Gasteiger partial charge < -0.3 is 10.1 Å². The molecule has 0 saturated heterocycles. The van der Waals surface area contributed by atoms with Crippen LogP contribution < -0.4 is 0 Å². The maximum absolute atomic E-state index is 10.9. The number of nitro groups is 1. The zero-order valence-corrected chi connectivity index (χ0v) is 12.0. The lowest BCUT2D eigenvalue weighted by atomic mass is 10.3. The zero-order valence-electron chi connectivity index (χ0n) is 8.20. The van der Waals surface area contributed by atoms with E-state index in [1.807, 2.05) is 0 Å². The Morgan fingerprint density at radius 2 is 1.88 bits per heavy atom. The molecule has 0 atom stereocenters. The Labute approximate surface area is 121 Å². The number of rotatable bonds is 3. The molecule has 1 aromatic heterocycles. The summed E-state index contributed by atoms with van der Waals surface area (Å²) in [6.07, 6.45) is 0. The second kappa shape index (κ2) is 4.93. The summed E-state index contributed by atoms with van der Waals surface area (Å²) < 4.78 is -3.37. The van der Waals surface area contributed by atoms with Crippen LogP contribution in [0.4, 0.5) is 5.82 Å². The molecular formula is C6H5Cl5N4O2. The minimum absolute atomic E-state index is 0.201. The first kappa shape index (κ1) is 15.0. The van der Waals surface area contributed by atoms with Crippen LogP contribution in [0.2, 0.25) is 0 Å². The molecule has 0 N–H and O–H groups in total. The van der Waals surface area contributed by atoms with E-state index in [9.17, 15) is 10.1 Å². The first-order valence-electron chi connectivity index (χ1n) is 4.15. The molecule has 0 aliphatic rings. The Kier molecular flexibility index (Phi) is 4.37. The summed E-state index contributed by atoms with van der Waals surface area (Å²) in [6.45, 7) is 1.83. The molecule has 96 valence electrons. The van der Waals surface area contributed by atoms with Crippen LogP contribution in [-0.4, -0.2) is 23.7 Å². The highest BCUT2D eigenvalue weighted by Crippen LogP contribution is 2.54. The van der Waals surface area contributed by atoms with Gasteiger partial charge in [-0.2, -0.15) is 0 Å². The second-order valence-corrected chi connectivity index (χ2v) is 6.52. The van der Waals surface area contributed by atoms with Gasteiger partial charge in [0.15, 0.2) is 0 Å². The first-order chi connectivity index (χ1) is 7.63. The molecule has 1 heterocycles. The molecule has 0 spiro atoms. The van der Waals surface area contributed by atoms with E-state index in [-0.39, 0.29) is 6.54 Å². The summed E-state index contributed by atoms with van der Waals surface area (Å²) in [4.78, 5) is 10.2. The number of nitrogens with zero attached hydrogens (tertiary/aromatic N) is 4. The first-order valence-corrected chi connectivity index (χ1v) is 6.04. The Hall–Kier alpha value is -0.0100. The molecule has 0 aromatic carbocycles. The predicted molar refractivity (Wildman–Crippen MR) is 66.0 cm³/mol. The molecule has 0 amide bonds. The minimum atomic E-state index is -2.19. The van der Waals surface area contributed by atoms with Crippen LogP contribution in [0.5, 0.6) is 0 Å². The largest absolute Gasteiger partial charge is 0.371 e. The Bertz CT molecular complexity index is 440. The molecule has 0 aliphatic heterocycles. The zero-order chi connectivity index (χ0) is 13.4. The highest BCUT2D eigenvalue weighted by atomic mass is 35.6. The molecule has 1 aromatic rings. The van der Waals surface area contributed by atoms with Crippen molar-refractivity contribution in [2.45, 2.75) is 21.6 Å². The fraction of sp³-hybridized carbons (Fsp3) is 0.667. The average molecular weight is 342 g/mol. The van der Waals surface area contributed by atoms with Gasteiger partial charge >= 0.3 is 5.82 Å². The highest BCUT2D eigenvalue weighted by molar-refractivity contribution is 6.75.